The SMILES string of the molecule is COc1ccc(-c2ccc(-c3nc(-c4ccncc4)c(-c4ccc(-c5ccc(OC)cc5)s4)c4nonc34)s2)cc1. The van der Waals surface area contributed by atoms with Gasteiger partial charge in [-0.2, -0.15) is 0 Å². The first-order chi connectivity index (χ1) is 20.2. The molecule has 0 bridgehead atoms. The van der Waals surface area contributed by atoms with Crippen LogP contribution in [0.15, 0.2) is 102 Å². The summed E-state index contributed by atoms with van der Waals surface area (Å²) < 4.78 is 16.0. The van der Waals surface area contributed by atoms with Crippen LogP contribution in [0.1, 0.15) is 0 Å². The molecule has 0 spiro atoms. The topological polar surface area (TPSA) is 83.2 Å². The van der Waals surface area contributed by atoms with Gasteiger partial charge in [0.15, 0.2) is 5.52 Å². The molecule has 0 saturated carbocycles. The van der Waals surface area contributed by atoms with Gasteiger partial charge in [0.1, 0.15) is 22.7 Å². The minimum absolute atomic E-state index is 0.625. The molecule has 0 atom stereocenters. The summed E-state index contributed by atoms with van der Waals surface area (Å²) in [5.41, 5.74) is 6.86. The van der Waals surface area contributed by atoms with Gasteiger partial charge in [0.2, 0.25) is 0 Å². The molecule has 0 aliphatic carbocycles. The van der Waals surface area contributed by atoms with Crippen LogP contribution in [0.3, 0.4) is 0 Å². The first kappa shape index (κ1) is 25.1. The van der Waals surface area contributed by atoms with Crippen molar-refractivity contribution in [3.63, 3.8) is 0 Å². The Kier molecular flexibility index (Phi) is 6.50. The van der Waals surface area contributed by atoms with Crippen LogP contribution in [0, 0.1) is 0 Å². The quantitative estimate of drug-likeness (QED) is 0.189. The Labute approximate surface area is 243 Å². The molecule has 2 aromatic carbocycles. The summed E-state index contributed by atoms with van der Waals surface area (Å²) >= 11 is 3.32. The number of methoxy groups -OCH3 is 2. The highest BCUT2D eigenvalue weighted by Crippen LogP contribution is 2.45. The van der Waals surface area contributed by atoms with Gasteiger partial charge >= 0.3 is 0 Å². The van der Waals surface area contributed by atoms with Crippen molar-refractivity contribution in [2.45, 2.75) is 0 Å². The lowest BCUT2D eigenvalue weighted by Gasteiger charge is -2.10. The molecule has 7 aromatic rings. The summed E-state index contributed by atoms with van der Waals surface area (Å²) in [5, 5.41) is 8.72. The molecule has 0 aliphatic heterocycles. The minimum Gasteiger partial charge on any atom is -0.497 e. The van der Waals surface area contributed by atoms with Crippen LogP contribution < -0.4 is 9.47 Å². The van der Waals surface area contributed by atoms with Crippen LogP contribution >= 0.6 is 22.7 Å². The summed E-state index contributed by atoms with van der Waals surface area (Å²) in [4.78, 5) is 13.7. The lowest BCUT2D eigenvalue weighted by atomic mass is 10.0. The number of pyridine rings is 2. The van der Waals surface area contributed by atoms with Crippen molar-refractivity contribution in [1.29, 1.82) is 0 Å². The molecular weight excluding hydrogens is 553 g/mol. The van der Waals surface area contributed by atoms with Gasteiger partial charge in [-0.25, -0.2) is 9.61 Å². The second-order valence-electron chi connectivity index (χ2n) is 9.17. The van der Waals surface area contributed by atoms with E-state index in [0.717, 1.165) is 64.6 Å². The smallest absolute Gasteiger partial charge is 0.163 e. The van der Waals surface area contributed by atoms with Crippen LogP contribution in [0.2, 0.25) is 0 Å². The average Bonchev–Trinajstić information content (AvgIpc) is 3.82. The fraction of sp³-hybridized carbons (Fsp3) is 0.0625. The molecule has 9 heteroatoms. The fourth-order valence-electron chi connectivity index (χ4n) is 4.72. The fourth-order valence-corrected chi connectivity index (χ4v) is 6.78. The normalized spacial score (nSPS) is 11.2. The van der Waals surface area contributed by atoms with Gasteiger partial charge in [0, 0.05) is 38.2 Å². The van der Waals surface area contributed by atoms with Crippen LogP contribution in [-0.4, -0.2) is 34.5 Å². The number of benzene rings is 2. The van der Waals surface area contributed by atoms with E-state index in [1.54, 1.807) is 49.3 Å². The average molecular weight is 575 g/mol. The first-order valence-corrected chi connectivity index (χ1v) is 14.4. The minimum atomic E-state index is 0.625. The third-order valence-electron chi connectivity index (χ3n) is 6.80. The molecule has 0 amide bonds. The molecule has 5 heterocycles. The number of aromatic nitrogens is 4. The standard InChI is InChI=1S/C32H22N4O3S2/c1-37-22-7-3-19(4-8-22)24-11-13-26(40-24)28-29(21-15-17-33-18-16-21)34-30(32-31(28)35-39-36-32)27-14-12-25(41-27)20-5-9-23(38-2)10-6-20/h3-18H,1-2H3. The van der Waals surface area contributed by atoms with E-state index in [4.69, 9.17) is 19.1 Å². The van der Waals surface area contributed by atoms with Crippen LogP contribution in [0.5, 0.6) is 11.5 Å². The molecule has 0 saturated heterocycles. The highest BCUT2D eigenvalue weighted by molar-refractivity contribution is 7.19. The summed E-state index contributed by atoms with van der Waals surface area (Å²) in [6.07, 6.45) is 3.55. The van der Waals surface area contributed by atoms with E-state index in [2.05, 4.69) is 63.8 Å². The lowest BCUT2D eigenvalue weighted by molar-refractivity contribution is 0.315. The maximum atomic E-state index is 5.34. The maximum absolute atomic E-state index is 5.34. The third-order valence-corrected chi connectivity index (χ3v) is 9.10. The van der Waals surface area contributed by atoms with Crippen molar-refractivity contribution in [2.24, 2.45) is 0 Å². The molecule has 7 nitrogen and oxygen atoms in total. The second kappa shape index (κ2) is 10.6. The van der Waals surface area contributed by atoms with E-state index in [-0.39, 0.29) is 0 Å². The molecule has 5 aromatic heterocycles. The van der Waals surface area contributed by atoms with Crippen LogP contribution in [0.25, 0.3) is 64.2 Å². The molecular formula is C32H22N4O3S2. The van der Waals surface area contributed by atoms with Gasteiger partial charge in [-0.1, -0.05) is 0 Å². The summed E-state index contributed by atoms with van der Waals surface area (Å²) in [7, 11) is 3.34. The number of hydrogen-bond donors (Lipinski definition) is 0. The van der Waals surface area contributed by atoms with E-state index in [1.807, 2.05) is 36.4 Å². The highest BCUT2D eigenvalue weighted by Gasteiger charge is 2.24. The van der Waals surface area contributed by atoms with E-state index in [1.165, 1.54) is 0 Å². The van der Waals surface area contributed by atoms with Gasteiger partial charge in [0.05, 0.1) is 24.8 Å². The van der Waals surface area contributed by atoms with Gasteiger partial charge in [-0.05, 0) is 106 Å². The van der Waals surface area contributed by atoms with Crippen LogP contribution in [0.4, 0.5) is 0 Å². The second-order valence-corrected chi connectivity index (χ2v) is 11.3. The molecule has 0 unspecified atom stereocenters. The predicted molar refractivity (Wildman–Crippen MR) is 163 cm³/mol. The Balaban J connectivity index is 1.37. The Morgan fingerprint density at radius 1 is 0.537 bits per heavy atom. The van der Waals surface area contributed by atoms with Crippen LogP contribution in [-0.2, 0) is 0 Å². The number of rotatable bonds is 7. The van der Waals surface area contributed by atoms with Crippen molar-refractivity contribution in [3.8, 4) is 64.6 Å². The van der Waals surface area contributed by atoms with E-state index in [9.17, 15) is 0 Å². The molecule has 0 N–H and O–H groups in total. The van der Waals surface area contributed by atoms with E-state index in [0.29, 0.717) is 11.0 Å². The van der Waals surface area contributed by atoms with Gasteiger partial charge in [-0.3, -0.25) is 4.98 Å². The molecule has 7 rings (SSSR count). The third kappa shape index (κ3) is 4.65. The molecule has 0 fully saturated rings. The first-order valence-electron chi connectivity index (χ1n) is 12.8. The van der Waals surface area contributed by atoms with Crippen molar-refractivity contribution in [3.05, 3.63) is 97.3 Å². The number of thiophene rings is 2. The Morgan fingerprint density at radius 3 is 1.68 bits per heavy atom. The summed E-state index contributed by atoms with van der Waals surface area (Å²) in [6.45, 7) is 0. The Morgan fingerprint density at radius 2 is 1.07 bits per heavy atom. The molecule has 200 valence electrons. The van der Waals surface area contributed by atoms with Crippen molar-refractivity contribution in [1.82, 2.24) is 20.3 Å². The zero-order valence-electron chi connectivity index (χ0n) is 22.1. The largest absolute Gasteiger partial charge is 0.497 e. The molecule has 0 aliphatic rings. The number of ether oxygens (including phenoxy) is 2. The van der Waals surface area contributed by atoms with E-state index < -0.39 is 0 Å². The number of hydrogen-bond acceptors (Lipinski definition) is 9. The lowest BCUT2D eigenvalue weighted by Crippen LogP contribution is -1.94. The van der Waals surface area contributed by atoms with Gasteiger partial charge < -0.3 is 9.47 Å². The molecule has 0 radical (unpaired) electrons. The Hall–Kier alpha value is -4.86. The van der Waals surface area contributed by atoms with Gasteiger partial charge in [0.25, 0.3) is 0 Å². The van der Waals surface area contributed by atoms with E-state index >= 15 is 0 Å². The number of nitrogens with zero attached hydrogens (tertiary/aromatic N) is 4. The zero-order valence-corrected chi connectivity index (χ0v) is 23.7. The monoisotopic (exact) mass is 574 g/mol. The van der Waals surface area contributed by atoms with Crippen molar-refractivity contribution >= 4 is 33.7 Å². The summed E-state index contributed by atoms with van der Waals surface area (Å²) in [6, 6.07) is 28.4. The zero-order chi connectivity index (χ0) is 27.8. The Bertz CT molecular complexity index is 1960. The van der Waals surface area contributed by atoms with Gasteiger partial charge in [-0.15, -0.1) is 22.7 Å². The maximum Gasteiger partial charge on any atom is 0.163 e. The van der Waals surface area contributed by atoms with Crippen molar-refractivity contribution in [2.75, 3.05) is 14.2 Å². The predicted octanol–water partition coefficient (Wildman–Crippen LogP) is 8.49. The number of fused-ring (bicyclic) bond motifs is 1. The highest BCUT2D eigenvalue weighted by atomic mass is 32.1. The summed E-state index contributed by atoms with van der Waals surface area (Å²) in [5.74, 6) is 1.65. The van der Waals surface area contributed by atoms with Crippen molar-refractivity contribution < 1.29 is 14.1 Å². The molecule has 41 heavy (non-hydrogen) atoms.